The fraction of sp³-hybridized carbons (Fsp3) is 0.533. The van der Waals surface area contributed by atoms with Crippen LogP contribution in [-0.4, -0.2) is 49.5 Å². The zero-order chi connectivity index (χ0) is 16.0. The highest BCUT2D eigenvalue weighted by Crippen LogP contribution is 2.51. The van der Waals surface area contributed by atoms with E-state index in [1.165, 1.54) is 12.8 Å². The molecule has 8 heteroatoms. The summed E-state index contributed by atoms with van der Waals surface area (Å²) in [6.07, 6.45) is 6.70. The lowest BCUT2D eigenvalue weighted by atomic mass is 10.1. The molecule has 2 heterocycles. The molecule has 0 atom stereocenters. The number of aliphatic hydroxyl groups excluding tert-OH is 2. The van der Waals surface area contributed by atoms with Crippen LogP contribution in [0.1, 0.15) is 19.3 Å². The molecule has 2 aromatic rings. The molecule has 0 bridgehead atoms. The molecular formula is C15H20N6O2. The van der Waals surface area contributed by atoms with Gasteiger partial charge in [0.25, 0.3) is 0 Å². The summed E-state index contributed by atoms with van der Waals surface area (Å²) >= 11 is 0. The minimum Gasteiger partial charge on any atom is -0.395 e. The number of anilines is 2. The number of nitrogens with one attached hydrogen (secondary N) is 1. The van der Waals surface area contributed by atoms with E-state index in [1.807, 2.05) is 6.20 Å². The average Bonchev–Trinajstić information content (AvgIpc) is 3.45. The highest BCUT2D eigenvalue weighted by Gasteiger charge is 2.48. The largest absolute Gasteiger partial charge is 0.395 e. The van der Waals surface area contributed by atoms with Gasteiger partial charge in [-0.05, 0) is 30.8 Å². The number of aliphatic hydroxyl groups is 2. The van der Waals surface area contributed by atoms with Gasteiger partial charge in [-0.25, -0.2) is 4.98 Å². The maximum absolute atomic E-state index is 9.40. The van der Waals surface area contributed by atoms with Crippen molar-refractivity contribution in [1.82, 2.24) is 19.5 Å². The number of nitrogen functional groups attached to an aromatic ring is 1. The van der Waals surface area contributed by atoms with Gasteiger partial charge in [0, 0.05) is 18.2 Å². The Labute approximate surface area is 133 Å². The van der Waals surface area contributed by atoms with Gasteiger partial charge in [0.15, 0.2) is 17.0 Å². The summed E-state index contributed by atoms with van der Waals surface area (Å²) in [4.78, 5) is 12.9. The molecule has 0 spiro atoms. The molecule has 0 aliphatic heterocycles. The van der Waals surface area contributed by atoms with E-state index in [1.54, 1.807) is 10.9 Å². The fourth-order valence-corrected chi connectivity index (χ4v) is 2.75. The number of imidazole rings is 1. The monoisotopic (exact) mass is 316 g/mol. The molecule has 8 nitrogen and oxygen atoms in total. The van der Waals surface area contributed by atoms with E-state index >= 15 is 0 Å². The van der Waals surface area contributed by atoms with E-state index in [-0.39, 0.29) is 19.2 Å². The maximum Gasteiger partial charge on any atom is 0.224 e. The SMILES string of the molecule is Nc1nc(NCC2CC2)c2ncn(C=C3CC3(CO)CO)c2n1. The topological polar surface area (TPSA) is 122 Å². The molecule has 0 unspecified atom stereocenters. The first-order valence-electron chi connectivity index (χ1n) is 7.82. The second-order valence-electron chi connectivity index (χ2n) is 6.51. The standard InChI is InChI=1S/C15H20N6O2/c16-14-19-12(17-4-9-1-2-9)11-13(20-14)21(8-18-11)5-10-3-15(10,6-22)7-23/h5,8-9,22-23H,1-4,6-7H2,(H3,16,17,19,20). The van der Waals surface area contributed by atoms with Gasteiger partial charge in [-0.3, -0.25) is 4.57 Å². The molecule has 0 amide bonds. The highest BCUT2D eigenvalue weighted by molar-refractivity contribution is 5.85. The number of rotatable bonds is 6. The van der Waals surface area contributed by atoms with E-state index in [0.717, 1.165) is 12.1 Å². The molecule has 23 heavy (non-hydrogen) atoms. The first-order chi connectivity index (χ1) is 11.1. The van der Waals surface area contributed by atoms with Gasteiger partial charge in [0.2, 0.25) is 5.95 Å². The molecule has 0 aromatic carbocycles. The van der Waals surface area contributed by atoms with Crippen molar-refractivity contribution in [3.05, 3.63) is 11.9 Å². The molecule has 4 rings (SSSR count). The molecule has 2 aliphatic carbocycles. The zero-order valence-corrected chi connectivity index (χ0v) is 12.7. The Hall–Kier alpha value is -2.19. The summed E-state index contributed by atoms with van der Waals surface area (Å²) < 4.78 is 1.78. The van der Waals surface area contributed by atoms with Crippen LogP contribution in [0.5, 0.6) is 0 Å². The lowest BCUT2D eigenvalue weighted by Crippen LogP contribution is -2.12. The quantitative estimate of drug-likeness (QED) is 0.610. The number of hydrogen-bond acceptors (Lipinski definition) is 7. The summed E-state index contributed by atoms with van der Waals surface area (Å²) in [5.74, 6) is 1.57. The van der Waals surface area contributed by atoms with Gasteiger partial charge >= 0.3 is 0 Å². The summed E-state index contributed by atoms with van der Waals surface area (Å²) in [5, 5.41) is 22.1. The third-order valence-electron chi connectivity index (χ3n) is 4.68. The van der Waals surface area contributed by atoms with Crippen LogP contribution in [0, 0.1) is 11.3 Å². The van der Waals surface area contributed by atoms with Crippen LogP contribution >= 0.6 is 0 Å². The third-order valence-corrected chi connectivity index (χ3v) is 4.68. The minimum absolute atomic E-state index is 0.0622. The number of nitrogens with two attached hydrogens (primary N) is 1. The first-order valence-corrected chi connectivity index (χ1v) is 7.82. The second-order valence-corrected chi connectivity index (χ2v) is 6.51. The summed E-state index contributed by atoms with van der Waals surface area (Å²) in [6, 6.07) is 0. The molecule has 2 aliphatic rings. The Bertz CT molecular complexity index is 776. The number of aromatic nitrogens is 4. The third kappa shape index (κ3) is 2.53. The van der Waals surface area contributed by atoms with Gasteiger partial charge in [-0.2, -0.15) is 9.97 Å². The average molecular weight is 316 g/mol. The Kier molecular flexibility index (Phi) is 3.24. The second kappa shape index (κ2) is 5.17. The van der Waals surface area contributed by atoms with Gasteiger partial charge < -0.3 is 21.3 Å². The van der Waals surface area contributed by atoms with E-state index in [0.29, 0.717) is 29.3 Å². The fourth-order valence-electron chi connectivity index (χ4n) is 2.75. The molecular weight excluding hydrogens is 296 g/mol. The molecule has 2 saturated carbocycles. The van der Waals surface area contributed by atoms with Gasteiger partial charge in [-0.15, -0.1) is 0 Å². The maximum atomic E-state index is 9.40. The normalized spacial score (nSPS) is 21.0. The van der Waals surface area contributed by atoms with Crippen molar-refractivity contribution in [2.24, 2.45) is 11.3 Å². The van der Waals surface area contributed by atoms with Crippen molar-refractivity contribution >= 4 is 29.1 Å². The minimum atomic E-state index is -0.498. The van der Waals surface area contributed by atoms with Gasteiger partial charge in [-0.1, -0.05) is 0 Å². The summed E-state index contributed by atoms with van der Waals surface area (Å²) in [6.45, 7) is 0.748. The van der Waals surface area contributed by atoms with E-state index in [2.05, 4.69) is 20.3 Å². The van der Waals surface area contributed by atoms with Crippen LogP contribution < -0.4 is 11.1 Å². The Morgan fingerprint density at radius 1 is 1.35 bits per heavy atom. The van der Waals surface area contributed by atoms with Gasteiger partial charge in [0.05, 0.1) is 13.2 Å². The van der Waals surface area contributed by atoms with E-state index in [4.69, 9.17) is 5.73 Å². The Morgan fingerprint density at radius 2 is 2.13 bits per heavy atom. The van der Waals surface area contributed by atoms with Crippen LogP contribution in [-0.2, 0) is 0 Å². The van der Waals surface area contributed by atoms with Crippen LogP contribution in [0.2, 0.25) is 0 Å². The van der Waals surface area contributed by atoms with Crippen LogP contribution in [0.4, 0.5) is 11.8 Å². The van der Waals surface area contributed by atoms with E-state index < -0.39 is 5.41 Å². The van der Waals surface area contributed by atoms with Crippen LogP contribution in [0.25, 0.3) is 17.4 Å². The van der Waals surface area contributed by atoms with Crippen LogP contribution in [0.15, 0.2) is 11.9 Å². The van der Waals surface area contributed by atoms with E-state index in [9.17, 15) is 10.2 Å². The molecule has 5 N–H and O–H groups in total. The molecule has 2 fully saturated rings. The molecule has 0 saturated heterocycles. The predicted molar refractivity (Wildman–Crippen MR) is 86.4 cm³/mol. The Morgan fingerprint density at radius 3 is 2.78 bits per heavy atom. The number of nitrogens with zero attached hydrogens (tertiary/aromatic N) is 4. The lowest BCUT2D eigenvalue weighted by molar-refractivity contribution is 0.143. The van der Waals surface area contributed by atoms with Crippen molar-refractivity contribution in [1.29, 1.82) is 0 Å². The number of fused-ring (bicyclic) bond motifs is 1. The summed E-state index contributed by atoms with van der Waals surface area (Å²) in [5.41, 5.74) is 7.61. The number of hydrogen-bond donors (Lipinski definition) is 4. The lowest BCUT2D eigenvalue weighted by Gasteiger charge is -2.07. The van der Waals surface area contributed by atoms with Crippen molar-refractivity contribution in [2.75, 3.05) is 30.8 Å². The van der Waals surface area contributed by atoms with Crippen molar-refractivity contribution in [3.8, 4) is 0 Å². The van der Waals surface area contributed by atoms with Crippen molar-refractivity contribution in [2.45, 2.75) is 19.3 Å². The molecule has 122 valence electrons. The highest BCUT2D eigenvalue weighted by atomic mass is 16.3. The molecule has 2 aromatic heterocycles. The van der Waals surface area contributed by atoms with Crippen molar-refractivity contribution in [3.63, 3.8) is 0 Å². The zero-order valence-electron chi connectivity index (χ0n) is 12.7. The smallest absolute Gasteiger partial charge is 0.224 e. The Balaban J connectivity index is 1.67. The predicted octanol–water partition coefficient (Wildman–Crippen LogP) is 0.446. The van der Waals surface area contributed by atoms with Gasteiger partial charge in [0.1, 0.15) is 6.33 Å². The molecule has 0 radical (unpaired) electrons. The van der Waals surface area contributed by atoms with Crippen molar-refractivity contribution < 1.29 is 10.2 Å². The van der Waals surface area contributed by atoms with Crippen LogP contribution in [0.3, 0.4) is 0 Å². The summed E-state index contributed by atoms with van der Waals surface area (Å²) in [7, 11) is 0. The first kappa shape index (κ1) is 14.4.